The van der Waals surface area contributed by atoms with E-state index in [9.17, 15) is 13.2 Å². The monoisotopic (exact) mass is 558 g/mol. The lowest BCUT2D eigenvalue weighted by atomic mass is 10.1. The van der Waals surface area contributed by atoms with Gasteiger partial charge in [-0.3, -0.25) is 19.4 Å². The Kier molecular flexibility index (Phi) is 7.32. The third-order valence-electron chi connectivity index (χ3n) is 6.29. The first kappa shape index (κ1) is 26.3. The average Bonchev–Trinajstić information content (AvgIpc) is 3.34. The van der Waals surface area contributed by atoms with Gasteiger partial charge in [0.25, 0.3) is 15.9 Å². The molecule has 3 aromatic carbocycles. The second kappa shape index (κ2) is 10.8. The number of amides is 1. The van der Waals surface area contributed by atoms with Crippen LogP contribution in [0.2, 0.25) is 0 Å². The van der Waals surface area contributed by atoms with Gasteiger partial charge in [0.15, 0.2) is 5.13 Å². The third-order valence-corrected chi connectivity index (χ3v) is 8.72. The zero-order valence-electron chi connectivity index (χ0n) is 21.6. The summed E-state index contributed by atoms with van der Waals surface area (Å²) in [6, 6.07) is 20.3. The minimum atomic E-state index is -3.81. The molecule has 0 bridgehead atoms. The number of pyridine rings is 1. The van der Waals surface area contributed by atoms with E-state index in [2.05, 4.69) is 22.7 Å². The van der Waals surface area contributed by atoms with E-state index in [4.69, 9.17) is 9.72 Å². The summed E-state index contributed by atoms with van der Waals surface area (Å²) < 4.78 is 34.3. The summed E-state index contributed by atoms with van der Waals surface area (Å²) in [6.45, 7) is 4.38. The van der Waals surface area contributed by atoms with E-state index in [-0.39, 0.29) is 17.3 Å². The molecule has 39 heavy (non-hydrogen) atoms. The summed E-state index contributed by atoms with van der Waals surface area (Å²) >= 11 is 1.45. The molecule has 1 amide bonds. The number of methoxy groups -OCH3 is 1. The van der Waals surface area contributed by atoms with Gasteiger partial charge in [-0.2, -0.15) is 0 Å². The number of thiazole rings is 1. The van der Waals surface area contributed by atoms with Crippen LogP contribution in [0.15, 0.2) is 90.1 Å². The summed E-state index contributed by atoms with van der Waals surface area (Å²) in [5.41, 5.74) is 4.74. The molecule has 5 rings (SSSR count). The van der Waals surface area contributed by atoms with Crippen molar-refractivity contribution in [1.29, 1.82) is 0 Å². The topological polar surface area (TPSA) is 101 Å². The highest BCUT2D eigenvalue weighted by molar-refractivity contribution is 7.92. The normalized spacial score (nSPS) is 11.4. The lowest BCUT2D eigenvalue weighted by Gasteiger charge is -2.20. The van der Waals surface area contributed by atoms with Crippen LogP contribution in [-0.2, 0) is 16.6 Å². The Morgan fingerprint density at radius 1 is 1.00 bits per heavy atom. The molecule has 0 aliphatic heterocycles. The minimum Gasteiger partial charge on any atom is -0.497 e. The van der Waals surface area contributed by atoms with Crippen LogP contribution in [0, 0.1) is 13.8 Å². The standard InChI is InChI=1S/C29H26N4O4S2/c1-19-15-26-27(16-20(19)2)38-29(31-26)33(18-21-5-4-14-30-17-21)28(34)22-6-8-23(9-7-22)32-39(35,36)25-12-10-24(37-3)11-13-25/h4-17,32H,18H2,1-3H3. The third kappa shape index (κ3) is 5.76. The molecule has 0 aliphatic carbocycles. The fourth-order valence-corrected chi connectivity index (χ4v) is 6.09. The summed E-state index contributed by atoms with van der Waals surface area (Å²) in [7, 11) is -2.29. The SMILES string of the molecule is COc1ccc(S(=O)(=O)Nc2ccc(C(=O)N(Cc3cccnc3)c3nc4cc(C)c(C)cc4s3)cc2)cc1. The number of hydrogen-bond acceptors (Lipinski definition) is 7. The van der Waals surface area contributed by atoms with Gasteiger partial charge in [-0.05, 0) is 97.3 Å². The number of hydrogen-bond donors (Lipinski definition) is 1. The molecule has 0 radical (unpaired) electrons. The molecule has 0 saturated carbocycles. The van der Waals surface area contributed by atoms with Gasteiger partial charge in [-0.1, -0.05) is 17.4 Å². The van der Waals surface area contributed by atoms with Gasteiger partial charge in [-0.25, -0.2) is 13.4 Å². The van der Waals surface area contributed by atoms with Crippen LogP contribution in [0.3, 0.4) is 0 Å². The second-order valence-electron chi connectivity index (χ2n) is 9.01. The predicted molar refractivity (Wildman–Crippen MR) is 154 cm³/mol. The van der Waals surface area contributed by atoms with E-state index in [0.29, 0.717) is 22.1 Å². The number of ether oxygens (including phenoxy) is 1. The van der Waals surface area contributed by atoms with Crippen molar-refractivity contribution < 1.29 is 17.9 Å². The van der Waals surface area contributed by atoms with Crippen LogP contribution in [0.25, 0.3) is 10.2 Å². The van der Waals surface area contributed by atoms with Crippen LogP contribution < -0.4 is 14.4 Å². The Hall–Kier alpha value is -4.28. The first-order chi connectivity index (χ1) is 18.7. The molecule has 2 heterocycles. The van der Waals surface area contributed by atoms with Gasteiger partial charge in [0, 0.05) is 23.6 Å². The van der Waals surface area contributed by atoms with Crippen LogP contribution in [0.4, 0.5) is 10.8 Å². The van der Waals surface area contributed by atoms with E-state index >= 15 is 0 Å². The molecule has 2 aromatic heterocycles. The highest BCUT2D eigenvalue weighted by atomic mass is 32.2. The molecule has 1 N–H and O–H groups in total. The van der Waals surface area contributed by atoms with Gasteiger partial charge >= 0.3 is 0 Å². The molecule has 5 aromatic rings. The van der Waals surface area contributed by atoms with E-state index in [1.165, 1.54) is 30.6 Å². The van der Waals surface area contributed by atoms with Gasteiger partial charge in [0.05, 0.1) is 28.8 Å². The Balaban J connectivity index is 1.42. The molecule has 0 unspecified atom stereocenters. The first-order valence-electron chi connectivity index (χ1n) is 12.1. The highest BCUT2D eigenvalue weighted by Gasteiger charge is 2.23. The number of sulfonamides is 1. The summed E-state index contributed by atoms with van der Waals surface area (Å²) in [6.07, 6.45) is 3.41. The Labute approximate surface area is 231 Å². The quantitative estimate of drug-likeness (QED) is 0.252. The van der Waals surface area contributed by atoms with Gasteiger partial charge in [0.1, 0.15) is 5.75 Å². The highest BCUT2D eigenvalue weighted by Crippen LogP contribution is 2.32. The van der Waals surface area contributed by atoms with E-state index < -0.39 is 10.0 Å². The van der Waals surface area contributed by atoms with Crippen molar-refractivity contribution in [3.8, 4) is 5.75 Å². The van der Waals surface area contributed by atoms with Crippen molar-refractivity contribution in [1.82, 2.24) is 9.97 Å². The van der Waals surface area contributed by atoms with Gasteiger partial charge < -0.3 is 4.74 Å². The average molecular weight is 559 g/mol. The van der Waals surface area contributed by atoms with Crippen molar-refractivity contribution >= 4 is 48.3 Å². The molecule has 0 fully saturated rings. The van der Waals surface area contributed by atoms with Crippen LogP contribution in [-0.4, -0.2) is 31.4 Å². The maximum atomic E-state index is 13.8. The van der Waals surface area contributed by atoms with Crippen molar-refractivity contribution in [2.45, 2.75) is 25.3 Å². The number of anilines is 2. The van der Waals surface area contributed by atoms with Crippen molar-refractivity contribution in [2.75, 3.05) is 16.7 Å². The van der Waals surface area contributed by atoms with Crippen molar-refractivity contribution in [2.24, 2.45) is 0 Å². The maximum absolute atomic E-state index is 13.8. The predicted octanol–water partition coefficient (Wildman–Crippen LogP) is 5.96. The lowest BCUT2D eigenvalue weighted by Crippen LogP contribution is -2.30. The first-order valence-corrected chi connectivity index (χ1v) is 14.4. The molecule has 0 saturated heterocycles. The molecule has 198 valence electrons. The Morgan fingerprint density at radius 3 is 2.38 bits per heavy atom. The Bertz CT molecular complexity index is 1700. The molecule has 0 spiro atoms. The number of benzene rings is 3. The lowest BCUT2D eigenvalue weighted by molar-refractivity contribution is 0.0985. The smallest absolute Gasteiger partial charge is 0.261 e. The van der Waals surface area contributed by atoms with Crippen LogP contribution in [0.1, 0.15) is 27.0 Å². The largest absolute Gasteiger partial charge is 0.497 e. The molecule has 10 heteroatoms. The fraction of sp³-hybridized carbons (Fsp3) is 0.138. The summed E-state index contributed by atoms with van der Waals surface area (Å²) in [4.78, 5) is 24.4. The zero-order chi connectivity index (χ0) is 27.6. The van der Waals surface area contributed by atoms with Crippen molar-refractivity contribution in [3.05, 3.63) is 107 Å². The van der Waals surface area contributed by atoms with Gasteiger partial charge in [0.2, 0.25) is 0 Å². The molecule has 8 nitrogen and oxygen atoms in total. The minimum absolute atomic E-state index is 0.104. The number of aromatic nitrogens is 2. The zero-order valence-corrected chi connectivity index (χ0v) is 23.2. The number of nitrogens with zero attached hydrogens (tertiary/aromatic N) is 3. The number of carbonyl (C=O) groups excluding carboxylic acids is 1. The summed E-state index contributed by atoms with van der Waals surface area (Å²) in [5, 5.41) is 0.577. The number of fused-ring (bicyclic) bond motifs is 1. The van der Waals surface area contributed by atoms with Crippen LogP contribution in [0.5, 0.6) is 5.75 Å². The Morgan fingerprint density at radius 2 is 1.72 bits per heavy atom. The summed E-state index contributed by atoms with van der Waals surface area (Å²) in [5.74, 6) is 0.307. The van der Waals surface area contributed by atoms with E-state index in [1.807, 2.05) is 25.1 Å². The van der Waals surface area contributed by atoms with E-state index in [0.717, 1.165) is 26.9 Å². The van der Waals surface area contributed by atoms with Crippen molar-refractivity contribution in [3.63, 3.8) is 0 Å². The number of rotatable bonds is 8. The molecule has 0 atom stereocenters. The second-order valence-corrected chi connectivity index (χ2v) is 11.7. The molecule has 0 aliphatic rings. The van der Waals surface area contributed by atoms with Crippen LogP contribution >= 0.6 is 11.3 Å². The molecular weight excluding hydrogens is 532 g/mol. The number of carbonyl (C=O) groups is 1. The van der Waals surface area contributed by atoms with Gasteiger partial charge in [-0.15, -0.1) is 0 Å². The maximum Gasteiger partial charge on any atom is 0.261 e. The fourth-order valence-electron chi connectivity index (χ4n) is 3.99. The number of nitrogens with one attached hydrogen (secondary N) is 1. The van der Waals surface area contributed by atoms with E-state index in [1.54, 1.807) is 53.7 Å². The number of aryl methyl sites for hydroxylation is 2. The molecular formula is C29H26N4O4S2.